The van der Waals surface area contributed by atoms with Gasteiger partial charge < -0.3 is 5.32 Å². The summed E-state index contributed by atoms with van der Waals surface area (Å²) in [6, 6.07) is 18.6. The minimum absolute atomic E-state index is 0.250. The lowest BCUT2D eigenvalue weighted by molar-refractivity contribution is -0.120. The number of benzene rings is 3. The standard InChI is InChI=1S/C26H23ClN2O2/c1-15-6-5-7-21(12-15)29-25(30)23(19-10-8-16(2)18(4)13-19)24(26(29)31)28-22-14-20(27)11-9-17(22)3/h5-14,28H,1-4H3. The van der Waals surface area contributed by atoms with Gasteiger partial charge in [-0.3, -0.25) is 9.59 Å². The lowest BCUT2D eigenvalue weighted by Crippen LogP contribution is -2.32. The van der Waals surface area contributed by atoms with Crippen LogP contribution in [0.1, 0.15) is 27.8 Å². The Morgan fingerprint density at radius 1 is 0.774 bits per heavy atom. The maximum Gasteiger partial charge on any atom is 0.282 e. The number of amides is 2. The molecule has 5 heteroatoms. The first-order valence-electron chi connectivity index (χ1n) is 10.1. The zero-order valence-electron chi connectivity index (χ0n) is 17.9. The Kier molecular flexibility index (Phi) is 5.42. The molecule has 0 radical (unpaired) electrons. The molecule has 0 bridgehead atoms. The molecule has 0 saturated carbocycles. The van der Waals surface area contributed by atoms with Crippen LogP contribution in [0.4, 0.5) is 11.4 Å². The monoisotopic (exact) mass is 430 g/mol. The van der Waals surface area contributed by atoms with Crippen molar-refractivity contribution in [1.82, 2.24) is 0 Å². The van der Waals surface area contributed by atoms with E-state index in [1.54, 1.807) is 18.2 Å². The zero-order valence-corrected chi connectivity index (χ0v) is 18.7. The van der Waals surface area contributed by atoms with Crippen molar-refractivity contribution in [3.05, 3.63) is 99.2 Å². The van der Waals surface area contributed by atoms with Crippen LogP contribution in [-0.4, -0.2) is 11.8 Å². The molecular formula is C26H23ClN2O2. The molecule has 0 saturated heterocycles. The maximum absolute atomic E-state index is 13.6. The lowest BCUT2D eigenvalue weighted by Gasteiger charge is -2.16. The van der Waals surface area contributed by atoms with Crippen molar-refractivity contribution >= 4 is 40.4 Å². The summed E-state index contributed by atoms with van der Waals surface area (Å²) in [4.78, 5) is 28.3. The van der Waals surface area contributed by atoms with Gasteiger partial charge in [-0.1, -0.05) is 48.0 Å². The Hall–Kier alpha value is -3.37. The van der Waals surface area contributed by atoms with Crippen LogP contribution in [-0.2, 0) is 9.59 Å². The summed E-state index contributed by atoms with van der Waals surface area (Å²) in [6.07, 6.45) is 0. The van der Waals surface area contributed by atoms with Gasteiger partial charge in [-0.15, -0.1) is 0 Å². The van der Waals surface area contributed by atoms with E-state index in [0.29, 0.717) is 27.5 Å². The van der Waals surface area contributed by atoms with Crippen LogP contribution >= 0.6 is 11.6 Å². The molecule has 0 fully saturated rings. The second-order valence-corrected chi connectivity index (χ2v) is 8.35. The minimum atomic E-state index is -0.386. The number of anilines is 2. The van der Waals surface area contributed by atoms with Gasteiger partial charge in [0.25, 0.3) is 11.8 Å². The second-order valence-electron chi connectivity index (χ2n) is 7.92. The highest BCUT2D eigenvalue weighted by Gasteiger charge is 2.40. The highest BCUT2D eigenvalue weighted by molar-refractivity contribution is 6.46. The van der Waals surface area contributed by atoms with Crippen molar-refractivity contribution in [2.45, 2.75) is 27.7 Å². The predicted molar refractivity (Wildman–Crippen MR) is 126 cm³/mol. The molecule has 3 aromatic carbocycles. The van der Waals surface area contributed by atoms with Crippen LogP contribution in [0, 0.1) is 27.7 Å². The molecule has 3 aromatic rings. The number of hydrogen-bond acceptors (Lipinski definition) is 3. The van der Waals surface area contributed by atoms with Gasteiger partial charge in [-0.05, 0) is 79.8 Å². The molecule has 0 aliphatic carbocycles. The molecule has 0 atom stereocenters. The SMILES string of the molecule is Cc1cccc(N2C(=O)C(Nc3cc(Cl)ccc3C)=C(c3ccc(C)c(C)c3)C2=O)c1. The molecular weight excluding hydrogens is 408 g/mol. The van der Waals surface area contributed by atoms with Gasteiger partial charge in [-0.25, -0.2) is 4.90 Å². The molecule has 2 amide bonds. The summed E-state index contributed by atoms with van der Waals surface area (Å²) < 4.78 is 0. The fourth-order valence-electron chi connectivity index (χ4n) is 3.68. The topological polar surface area (TPSA) is 49.4 Å². The molecule has 0 unspecified atom stereocenters. The van der Waals surface area contributed by atoms with E-state index in [4.69, 9.17) is 11.6 Å². The van der Waals surface area contributed by atoms with Crippen LogP contribution in [0.3, 0.4) is 0 Å². The van der Waals surface area contributed by atoms with Gasteiger partial charge in [-0.2, -0.15) is 0 Å². The number of carbonyl (C=O) groups is 2. The Balaban J connectivity index is 1.88. The molecule has 4 rings (SSSR count). The van der Waals surface area contributed by atoms with E-state index in [0.717, 1.165) is 22.3 Å². The summed E-state index contributed by atoms with van der Waals surface area (Å²) in [7, 11) is 0. The quantitative estimate of drug-likeness (QED) is 0.518. The predicted octanol–water partition coefficient (Wildman–Crippen LogP) is 5.97. The minimum Gasteiger partial charge on any atom is -0.350 e. The first-order valence-corrected chi connectivity index (χ1v) is 10.4. The number of aryl methyl sites for hydroxylation is 4. The third-order valence-electron chi connectivity index (χ3n) is 5.60. The molecule has 0 spiro atoms. The van der Waals surface area contributed by atoms with Crippen molar-refractivity contribution in [1.29, 1.82) is 0 Å². The Bertz CT molecular complexity index is 1260. The Morgan fingerprint density at radius 3 is 2.23 bits per heavy atom. The highest BCUT2D eigenvalue weighted by atomic mass is 35.5. The smallest absolute Gasteiger partial charge is 0.282 e. The van der Waals surface area contributed by atoms with Crippen LogP contribution in [0.15, 0.2) is 66.4 Å². The number of rotatable bonds is 4. The van der Waals surface area contributed by atoms with E-state index in [9.17, 15) is 9.59 Å². The Labute approximate surface area is 187 Å². The number of imide groups is 1. The third-order valence-corrected chi connectivity index (χ3v) is 5.83. The lowest BCUT2D eigenvalue weighted by atomic mass is 9.99. The number of halogens is 1. The first kappa shape index (κ1) is 20.9. The number of nitrogens with zero attached hydrogens (tertiary/aromatic N) is 1. The summed E-state index contributed by atoms with van der Waals surface area (Å²) in [5.41, 5.74) is 6.62. The van der Waals surface area contributed by atoms with Crippen LogP contribution in [0.25, 0.3) is 5.57 Å². The van der Waals surface area contributed by atoms with Crippen molar-refractivity contribution in [3.8, 4) is 0 Å². The normalized spacial score (nSPS) is 13.9. The van der Waals surface area contributed by atoms with Crippen LogP contribution in [0.5, 0.6) is 0 Å². The molecule has 0 aromatic heterocycles. The molecule has 1 aliphatic rings. The first-order chi connectivity index (χ1) is 14.8. The molecule has 1 aliphatic heterocycles. The molecule has 156 valence electrons. The van der Waals surface area contributed by atoms with Crippen molar-refractivity contribution in [2.75, 3.05) is 10.2 Å². The van der Waals surface area contributed by atoms with Gasteiger partial charge in [0.2, 0.25) is 0 Å². The summed E-state index contributed by atoms with van der Waals surface area (Å²) in [5, 5.41) is 3.76. The van der Waals surface area contributed by atoms with Gasteiger partial charge >= 0.3 is 0 Å². The van der Waals surface area contributed by atoms with Gasteiger partial charge in [0.05, 0.1) is 11.3 Å². The fourth-order valence-corrected chi connectivity index (χ4v) is 3.85. The summed E-state index contributed by atoms with van der Waals surface area (Å²) in [6.45, 7) is 7.87. The van der Waals surface area contributed by atoms with E-state index >= 15 is 0 Å². The zero-order chi connectivity index (χ0) is 22.3. The number of nitrogens with one attached hydrogen (secondary N) is 1. The molecule has 4 nitrogen and oxygen atoms in total. The van der Waals surface area contributed by atoms with Gasteiger partial charge in [0.1, 0.15) is 5.70 Å². The largest absolute Gasteiger partial charge is 0.350 e. The Morgan fingerprint density at radius 2 is 1.52 bits per heavy atom. The molecule has 1 heterocycles. The van der Waals surface area contributed by atoms with Gasteiger partial charge in [0, 0.05) is 10.7 Å². The average Bonchev–Trinajstić information content (AvgIpc) is 2.96. The highest BCUT2D eigenvalue weighted by Crippen LogP contribution is 2.35. The number of carbonyl (C=O) groups excluding carboxylic acids is 2. The molecule has 31 heavy (non-hydrogen) atoms. The average molecular weight is 431 g/mol. The summed E-state index contributed by atoms with van der Waals surface area (Å²) in [5.74, 6) is -0.732. The van der Waals surface area contributed by atoms with Crippen LogP contribution in [0.2, 0.25) is 5.02 Å². The van der Waals surface area contributed by atoms with E-state index < -0.39 is 0 Å². The van der Waals surface area contributed by atoms with Crippen LogP contribution < -0.4 is 10.2 Å². The van der Waals surface area contributed by atoms with Gasteiger partial charge in [0.15, 0.2) is 0 Å². The fraction of sp³-hybridized carbons (Fsp3) is 0.154. The maximum atomic E-state index is 13.6. The van der Waals surface area contributed by atoms with E-state index in [2.05, 4.69) is 5.32 Å². The van der Waals surface area contributed by atoms with E-state index in [1.807, 2.05) is 70.2 Å². The second kappa shape index (κ2) is 8.05. The van der Waals surface area contributed by atoms with Crippen molar-refractivity contribution < 1.29 is 9.59 Å². The van der Waals surface area contributed by atoms with E-state index in [1.165, 1.54) is 4.90 Å². The molecule has 1 N–H and O–H groups in total. The van der Waals surface area contributed by atoms with Crippen molar-refractivity contribution in [3.63, 3.8) is 0 Å². The van der Waals surface area contributed by atoms with E-state index in [-0.39, 0.29) is 17.5 Å². The summed E-state index contributed by atoms with van der Waals surface area (Å²) >= 11 is 6.18. The number of hydrogen-bond donors (Lipinski definition) is 1. The van der Waals surface area contributed by atoms with Crippen molar-refractivity contribution in [2.24, 2.45) is 0 Å². The third kappa shape index (κ3) is 3.87.